The molecule has 7 nitrogen and oxygen atoms in total. The third-order valence-corrected chi connectivity index (χ3v) is 4.57. The molecule has 138 valence electrons. The molecule has 2 aromatic rings. The third kappa shape index (κ3) is 5.73. The molecule has 8 heteroatoms. The summed E-state index contributed by atoms with van der Waals surface area (Å²) < 4.78 is 4.58. The topological polar surface area (TPSA) is 92.4 Å². The summed E-state index contributed by atoms with van der Waals surface area (Å²) in [7, 11) is 3.00. The Labute approximate surface area is 155 Å². The maximum atomic E-state index is 12.6. The number of H-pyrrole nitrogens is 1. The Kier molecular flexibility index (Phi) is 6.97. The first-order valence-corrected chi connectivity index (χ1v) is 8.89. The van der Waals surface area contributed by atoms with Gasteiger partial charge in [-0.05, 0) is 12.5 Å². The zero-order chi connectivity index (χ0) is 19.1. The summed E-state index contributed by atoms with van der Waals surface area (Å²) in [4.78, 5) is 44.1. The van der Waals surface area contributed by atoms with Gasteiger partial charge >= 0.3 is 5.97 Å². The summed E-state index contributed by atoms with van der Waals surface area (Å²) in [5, 5.41) is -0.148. The van der Waals surface area contributed by atoms with Crippen LogP contribution in [0, 0.1) is 0 Å². The largest absolute Gasteiger partial charge is 0.469 e. The van der Waals surface area contributed by atoms with Crippen LogP contribution < -0.4 is 5.56 Å². The fourth-order valence-electron chi connectivity index (χ4n) is 2.31. The number of carbonyl (C=O) groups is 2. The first kappa shape index (κ1) is 19.7. The molecule has 2 rings (SSSR count). The second-order valence-corrected chi connectivity index (χ2v) is 7.06. The minimum Gasteiger partial charge on any atom is -0.469 e. The first-order valence-electron chi connectivity index (χ1n) is 8.01. The van der Waals surface area contributed by atoms with Crippen LogP contribution in [0.4, 0.5) is 0 Å². The van der Waals surface area contributed by atoms with Gasteiger partial charge in [-0.1, -0.05) is 42.1 Å². The van der Waals surface area contributed by atoms with E-state index in [-0.39, 0.29) is 17.9 Å². The molecule has 0 radical (unpaired) electrons. The summed E-state index contributed by atoms with van der Waals surface area (Å²) in [6.45, 7) is 2.25. The lowest BCUT2D eigenvalue weighted by Crippen LogP contribution is -2.33. The van der Waals surface area contributed by atoms with Crippen molar-refractivity contribution in [3.05, 3.63) is 58.0 Å². The quantitative estimate of drug-likeness (QED) is 0.449. The summed E-state index contributed by atoms with van der Waals surface area (Å²) >= 11 is 1.14. The standard InChI is InChI=1S/C18H21N3O4S/c1-12(17(24)21(2)11-13-7-5-4-6-8-13)26-18-19-14(9-15(22)20-18)10-16(23)25-3/h4-9,12H,10-11H2,1-3H3,(H,19,20,22)/t12-/m1/s1. The summed E-state index contributed by atoms with van der Waals surface area (Å²) in [6.07, 6.45) is -0.0930. The lowest BCUT2D eigenvalue weighted by Gasteiger charge is -2.21. The third-order valence-electron chi connectivity index (χ3n) is 3.60. The molecule has 1 N–H and O–H groups in total. The number of rotatable bonds is 7. The van der Waals surface area contributed by atoms with Crippen LogP contribution in [0.3, 0.4) is 0 Å². The SMILES string of the molecule is COC(=O)Cc1cc(=O)[nH]c(S[C@H](C)C(=O)N(C)Cc2ccccc2)n1. The van der Waals surface area contributed by atoms with Gasteiger partial charge in [0.05, 0.1) is 24.5 Å². The number of aromatic amines is 1. The van der Waals surface area contributed by atoms with E-state index in [1.54, 1.807) is 18.9 Å². The Hall–Kier alpha value is -2.61. The first-order chi connectivity index (χ1) is 12.4. The highest BCUT2D eigenvalue weighted by molar-refractivity contribution is 8.00. The molecule has 1 heterocycles. The molecular formula is C18H21N3O4S. The molecule has 26 heavy (non-hydrogen) atoms. The average molecular weight is 375 g/mol. The molecule has 1 amide bonds. The second-order valence-electron chi connectivity index (χ2n) is 5.73. The van der Waals surface area contributed by atoms with Gasteiger partial charge in [-0.15, -0.1) is 0 Å². The van der Waals surface area contributed by atoms with Crippen LogP contribution in [0.25, 0.3) is 0 Å². The smallest absolute Gasteiger partial charge is 0.311 e. The number of hydrogen-bond donors (Lipinski definition) is 1. The highest BCUT2D eigenvalue weighted by atomic mass is 32.2. The predicted octanol–water partition coefficient (Wildman–Crippen LogP) is 1.62. The maximum Gasteiger partial charge on any atom is 0.311 e. The molecule has 0 unspecified atom stereocenters. The Morgan fingerprint density at radius 2 is 2.00 bits per heavy atom. The zero-order valence-corrected chi connectivity index (χ0v) is 15.7. The monoisotopic (exact) mass is 375 g/mol. The predicted molar refractivity (Wildman–Crippen MR) is 98.8 cm³/mol. The van der Waals surface area contributed by atoms with Crippen LogP contribution in [-0.4, -0.2) is 46.2 Å². The van der Waals surface area contributed by atoms with E-state index in [1.807, 2.05) is 30.3 Å². The van der Waals surface area contributed by atoms with Gasteiger partial charge in [0.1, 0.15) is 0 Å². The van der Waals surface area contributed by atoms with Crippen LogP contribution in [0.2, 0.25) is 0 Å². The van der Waals surface area contributed by atoms with Crippen molar-refractivity contribution in [2.45, 2.75) is 30.3 Å². The Bertz CT molecular complexity index is 823. The van der Waals surface area contributed by atoms with Gasteiger partial charge in [-0.3, -0.25) is 14.4 Å². The average Bonchev–Trinajstić information content (AvgIpc) is 2.61. The molecular weight excluding hydrogens is 354 g/mol. The molecule has 0 aliphatic rings. The maximum absolute atomic E-state index is 12.6. The molecule has 0 aliphatic carbocycles. The van der Waals surface area contributed by atoms with E-state index in [4.69, 9.17) is 0 Å². The van der Waals surface area contributed by atoms with Gasteiger partial charge in [0.2, 0.25) is 5.91 Å². The number of benzene rings is 1. The summed E-state index contributed by atoms with van der Waals surface area (Å²) in [6, 6.07) is 10.9. The van der Waals surface area contributed by atoms with E-state index < -0.39 is 11.2 Å². The van der Waals surface area contributed by atoms with Crippen LogP contribution in [0.1, 0.15) is 18.2 Å². The van der Waals surface area contributed by atoms with E-state index in [1.165, 1.54) is 13.2 Å². The van der Waals surface area contributed by atoms with Crippen molar-refractivity contribution in [3.8, 4) is 0 Å². The van der Waals surface area contributed by atoms with E-state index >= 15 is 0 Å². The minimum atomic E-state index is -0.481. The molecule has 1 atom stereocenters. The zero-order valence-electron chi connectivity index (χ0n) is 14.9. The van der Waals surface area contributed by atoms with Crippen LogP contribution >= 0.6 is 11.8 Å². The minimum absolute atomic E-state index is 0.0835. The molecule has 0 aliphatic heterocycles. The summed E-state index contributed by atoms with van der Waals surface area (Å²) in [5.74, 6) is -0.564. The number of amides is 1. The lowest BCUT2D eigenvalue weighted by molar-refractivity contribution is -0.139. The normalized spacial score (nSPS) is 11.7. The highest BCUT2D eigenvalue weighted by Gasteiger charge is 2.20. The van der Waals surface area contributed by atoms with Crippen LogP contribution in [-0.2, 0) is 27.3 Å². The summed E-state index contributed by atoms with van der Waals surface area (Å²) in [5.41, 5.74) is 0.964. The van der Waals surface area contributed by atoms with Gasteiger partial charge in [0, 0.05) is 19.7 Å². The van der Waals surface area contributed by atoms with Crippen molar-refractivity contribution < 1.29 is 14.3 Å². The molecule has 0 saturated heterocycles. The molecule has 0 fully saturated rings. The van der Waals surface area contributed by atoms with Crippen LogP contribution in [0.15, 0.2) is 46.3 Å². The Balaban J connectivity index is 2.03. The van der Waals surface area contributed by atoms with Crippen molar-refractivity contribution in [2.75, 3.05) is 14.2 Å². The van der Waals surface area contributed by atoms with Crippen molar-refractivity contribution in [1.82, 2.24) is 14.9 Å². The number of esters is 1. The number of ether oxygens (including phenoxy) is 1. The molecule has 0 spiro atoms. The number of carbonyl (C=O) groups excluding carboxylic acids is 2. The fraction of sp³-hybridized carbons (Fsp3) is 0.333. The highest BCUT2D eigenvalue weighted by Crippen LogP contribution is 2.20. The van der Waals surface area contributed by atoms with Crippen LogP contribution in [0.5, 0.6) is 0 Å². The van der Waals surface area contributed by atoms with Crippen molar-refractivity contribution in [3.63, 3.8) is 0 Å². The van der Waals surface area contributed by atoms with Gasteiger partial charge in [-0.2, -0.15) is 0 Å². The van der Waals surface area contributed by atoms with Gasteiger partial charge < -0.3 is 14.6 Å². The molecule has 1 aromatic carbocycles. The van der Waals surface area contributed by atoms with E-state index in [2.05, 4.69) is 14.7 Å². The number of nitrogens with one attached hydrogen (secondary N) is 1. The number of hydrogen-bond acceptors (Lipinski definition) is 6. The van der Waals surface area contributed by atoms with Gasteiger partial charge in [0.15, 0.2) is 5.16 Å². The van der Waals surface area contributed by atoms with Crippen molar-refractivity contribution in [1.29, 1.82) is 0 Å². The van der Waals surface area contributed by atoms with Crippen molar-refractivity contribution >= 4 is 23.6 Å². The van der Waals surface area contributed by atoms with Gasteiger partial charge in [0.25, 0.3) is 5.56 Å². The number of thioether (sulfide) groups is 1. The Morgan fingerprint density at radius 1 is 1.31 bits per heavy atom. The molecule has 0 saturated carbocycles. The lowest BCUT2D eigenvalue weighted by atomic mass is 10.2. The number of aromatic nitrogens is 2. The fourth-order valence-corrected chi connectivity index (χ4v) is 3.26. The van der Waals surface area contributed by atoms with E-state index in [0.29, 0.717) is 17.4 Å². The van der Waals surface area contributed by atoms with Gasteiger partial charge in [-0.25, -0.2) is 4.98 Å². The number of nitrogens with zero attached hydrogens (tertiary/aromatic N) is 2. The molecule has 1 aromatic heterocycles. The van der Waals surface area contributed by atoms with E-state index in [9.17, 15) is 14.4 Å². The van der Waals surface area contributed by atoms with Crippen molar-refractivity contribution in [2.24, 2.45) is 0 Å². The number of methoxy groups -OCH3 is 1. The second kappa shape index (κ2) is 9.19. The van der Waals surface area contributed by atoms with E-state index in [0.717, 1.165) is 17.3 Å². The Morgan fingerprint density at radius 3 is 2.65 bits per heavy atom. The molecule has 0 bridgehead atoms.